The molecule has 0 N–H and O–H groups in total. The van der Waals surface area contributed by atoms with Crippen LogP contribution in [0.15, 0.2) is 60.7 Å². The summed E-state index contributed by atoms with van der Waals surface area (Å²) in [5.41, 5.74) is 0. The maximum absolute atomic E-state index is 7.11. The van der Waals surface area contributed by atoms with Crippen LogP contribution in [0, 0.1) is 0 Å². The minimum atomic E-state index is -2.65. The van der Waals surface area contributed by atoms with E-state index in [1.54, 1.807) is 0 Å². The first kappa shape index (κ1) is 17.3. The molecule has 1 nitrogen and oxygen atoms in total. The SMILES string of the molecule is CCCCCC(C)O[Si](Cl)(c1ccccc1)c1ccccc1. The molecular formula is C19H25ClOSi. The Hall–Kier alpha value is -1.09. The minimum Gasteiger partial charge on any atom is -0.394 e. The van der Waals surface area contributed by atoms with E-state index in [2.05, 4.69) is 38.1 Å². The first-order valence-electron chi connectivity index (χ1n) is 8.14. The van der Waals surface area contributed by atoms with Crippen LogP contribution in [0.5, 0.6) is 0 Å². The number of rotatable bonds is 8. The minimum absolute atomic E-state index is 0.177. The lowest BCUT2D eigenvalue weighted by Crippen LogP contribution is -2.57. The molecule has 2 rings (SSSR count). The average Bonchev–Trinajstić information content (AvgIpc) is 2.56. The van der Waals surface area contributed by atoms with Crippen molar-refractivity contribution in [2.75, 3.05) is 0 Å². The quantitative estimate of drug-likeness (QED) is 0.394. The summed E-state index contributed by atoms with van der Waals surface area (Å²) in [6.45, 7) is 4.37. The van der Waals surface area contributed by atoms with Crippen LogP contribution in [0.25, 0.3) is 0 Å². The van der Waals surface area contributed by atoms with Gasteiger partial charge in [-0.3, -0.25) is 0 Å². The molecule has 0 heterocycles. The molecule has 0 aliphatic heterocycles. The zero-order valence-corrected chi connectivity index (χ0v) is 15.2. The molecule has 2 aromatic carbocycles. The third-order valence-corrected chi connectivity index (χ3v) is 8.32. The second-order valence-corrected chi connectivity index (χ2v) is 9.93. The van der Waals surface area contributed by atoms with Crippen molar-refractivity contribution in [1.82, 2.24) is 0 Å². The second kappa shape index (κ2) is 8.52. The number of unbranched alkanes of at least 4 members (excludes halogenated alkanes) is 2. The molecular weight excluding hydrogens is 308 g/mol. The Morgan fingerprint density at radius 1 is 0.909 bits per heavy atom. The zero-order chi connectivity index (χ0) is 15.8. The Morgan fingerprint density at radius 3 is 1.86 bits per heavy atom. The summed E-state index contributed by atoms with van der Waals surface area (Å²) in [5, 5.41) is 2.23. The molecule has 0 spiro atoms. The Labute approximate surface area is 140 Å². The molecule has 0 aromatic heterocycles. The lowest BCUT2D eigenvalue weighted by Gasteiger charge is -2.29. The summed E-state index contributed by atoms with van der Waals surface area (Å²) in [6.07, 6.45) is 4.92. The Morgan fingerprint density at radius 2 is 1.41 bits per heavy atom. The van der Waals surface area contributed by atoms with Crippen molar-refractivity contribution in [2.24, 2.45) is 0 Å². The van der Waals surface area contributed by atoms with Crippen LogP contribution in [0.1, 0.15) is 39.5 Å². The van der Waals surface area contributed by atoms with E-state index in [-0.39, 0.29) is 6.10 Å². The van der Waals surface area contributed by atoms with Crippen molar-refractivity contribution in [3.63, 3.8) is 0 Å². The van der Waals surface area contributed by atoms with Crippen LogP contribution >= 0.6 is 11.1 Å². The van der Waals surface area contributed by atoms with Gasteiger partial charge in [0.25, 0.3) is 0 Å². The van der Waals surface area contributed by atoms with E-state index in [1.165, 1.54) is 19.3 Å². The molecule has 2 aromatic rings. The number of hydrogen-bond donors (Lipinski definition) is 0. The van der Waals surface area contributed by atoms with Crippen molar-refractivity contribution in [3.05, 3.63) is 60.7 Å². The zero-order valence-electron chi connectivity index (χ0n) is 13.5. The van der Waals surface area contributed by atoms with Crippen molar-refractivity contribution in [1.29, 1.82) is 0 Å². The van der Waals surface area contributed by atoms with E-state index in [4.69, 9.17) is 15.5 Å². The lowest BCUT2D eigenvalue weighted by molar-refractivity contribution is 0.211. The van der Waals surface area contributed by atoms with E-state index >= 15 is 0 Å². The molecule has 0 aliphatic rings. The van der Waals surface area contributed by atoms with Crippen molar-refractivity contribution in [3.8, 4) is 0 Å². The van der Waals surface area contributed by atoms with Crippen LogP contribution in [0.2, 0.25) is 0 Å². The maximum Gasteiger partial charge on any atom is 0.355 e. The first-order chi connectivity index (χ1) is 10.7. The van der Waals surface area contributed by atoms with Gasteiger partial charge in [0.15, 0.2) is 0 Å². The van der Waals surface area contributed by atoms with Gasteiger partial charge in [0.1, 0.15) is 0 Å². The maximum atomic E-state index is 7.11. The highest BCUT2D eigenvalue weighted by Gasteiger charge is 2.39. The predicted molar refractivity (Wildman–Crippen MR) is 98.4 cm³/mol. The van der Waals surface area contributed by atoms with E-state index in [0.717, 1.165) is 16.8 Å². The molecule has 0 bridgehead atoms. The fraction of sp³-hybridized carbons (Fsp3) is 0.368. The predicted octanol–water partition coefficient (Wildman–Crippen LogP) is 4.47. The molecule has 0 amide bonds. The monoisotopic (exact) mass is 332 g/mol. The van der Waals surface area contributed by atoms with Crippen molar-refractivity contribution < 1.29 is 4.43 Å². The Kier molecular flexibility index (Phi) is 6.68. The molecule has 1 atom stereocenters. The van der Waals surface area contributed by atoms with Crippen LogP contribution in [0.4, 0.5) is 0 Å². The average molecular weight is 333 g/mol. The van der Waals surface area contributed by atoms with Crippen molar-refractivity contribution >= 4 is 29.1 Å². The highest BCUT2D eigenvalue weighted by atomic mass is 35.6. The molecule has 0 aliphatic carbocycles. The van der Waals surface area contributed by atoms with E-state index in [9.17, 15) is 0 Å². The van der Waals surface area contributed by atoms with Gasteiger partial charge >= 0.3 is 7.63 Å². The van der Waals surface area contributed by atoms with Crippen LogP contribution in [-0.2, 0) is 4.43 Å². The fourth-order valence-corrected chi connectivity index (χ4v) is 6.36. The Balaban J connectivity index is 2.23. The van der Waals surface area contributed by atoms with Gasteiger partial charge in [-0.05, 0) is 23.7 Å². The molecule has 3 heteroatoms. The topological polar surface area (TPSA) is 9.23 Å². The number of halogens is 1. The third kappa shape index (κ3) is 4.45. The highest BCUT2D eigenvalue weighted by molar-refractivity contribution is 7.30. The first-order valence-corrected chi connectivity index (χ1v) is 11.1. The number of hydrogen-bond acceptors (Lipinski definition) is 1. The molecule has 22 heavy (non-hydrogen) atoms. The van der Waals surface area contributed by atoms with Crippen LogP contribution < -0.4 is 10.4 Å². The third-order valence-electron chi connectivity index (χ3n) is 3.87. The molecule has 1 unspecified atom stereocenters. The fourth-order valence-electron chi connectivity index (χ4n) is 2.63. The van der Waals surface area contributed by atoms with Gasteiger partial charge in [-0.15, -0.1) is 11.1 Å². The smallest absolute Gasteiger partial charge is 0.355 e. The second-order valence-electron chi connectivity index (χ2n) is 5.75. The molecule has 0 saturated carbocycles. The van der Waals surface area contributed by atoms with Gasteiger partial charge in [0.2, 0.25) is 0 Å². The largest absolute Gasteiger partial charge is 0.394 e. The van der Waals surface area contributed by atoms with Gasteiger partial charge in [-0.1, -0.05) is 86.8 Å². The lowest BCUT2D eigenvalue weighted by atomic mass is 10.1. The summed E-state index contributed by atoms with van der Waals surface area (Å²) in [5.74, 6) is 0. The van der Waals surface area contributed by atoms with E-state index in [0.29, 0.717) is 0 Å². The molecule has 0 radical (unpaired) electrons. The standard InChI is InChI=1S/C19H25ClOSi/c1-3-4-7-12-17(2)21-22(20,18-13-8-5-9-14-18)19-15-10-6-11-16-19/h5-6,8-11,13-17H,3-4,7,12H2,1-2H3. The molecule has 118 valence electrons. The van der Waals surface area contributed by atoms with Gasteiger partial charge in [0.05, 0.1) is 0 Å². The normalized spacial score (nSPS) is 13.0. The summed E-state index contributed by atoms with van der Waals surface area (Å²) >= 11 is 7.11. The summed E-state index contributed by atoms with van der Waals surface area (Å²) < 4.78 is 6.46. The van der Waals surface area contributed by atoms with Crippen LogP contribution in [0.3, 0.4) is 0 Å². The van der Waals surface area contributed by atoms with Gasteiger partial charge in [0, 0.05) is 6.10 Å². The van der Waals surface area contributed by atoms with E-state index in [1.807, 2.05) is 36.4 Å². The van der Waals surface area contributed by atoms with Gasteiger partial charge in [-0.2, -0.15) is 0 Å². The van der Waals surface area contributed by atoms with Gasteiger partial charge < -0.3 is 4.43 Å². The summed E-state index contributed by atoms with van der Waals surface area (Å²) in [4.78, 5) is 0. The van der Waals surface area contributed by atoms with Gasteiger partial charge in [-0.25, -0.2) is 0 Å². The summed E-state index contributed by atoms with van der Waals surface area (Å²) in [6, 6.07) is 20.5. The van der Waals surface area contributed by atoms with E-state index < -0.39 is 7.63 Å². The molecule has 0 fully saturated rings. The number of benzene rings is 2. The summed E-state index contributed by atoms with van der Waals surface area (Å²) in [7, 11) is -2.65. The van der Waals surface area contributed by atoms with Crippen molar-refractivity contribution in [2.45, 2.75) is 45.6 Å². The Bertz CT molecular complexity index is 504. The molecule has 0 saturated heterocycles. The highest BCUT2D eigenvalue weighted by Crippen LogP contribution is 2.18. The van der Waals surface area contributed by atoms with Crippen LogP contribution in [-0.4, -0.2) is 13.7 Å².